The maximum absolute atomic E-state index is 15.6. The minimum absolute atomic E-state index is 0.0873. The molecule has 0 saturated carbocycles. The first kappa shape index (κ1) is 62.0. The molecule has 16 amide bonds. The molecular weight excluding hydrogens is 1310 g/mol. The number of hydrogen-bond donors (Lipinski definition) is 0. The van der Waals surface area contributed by atoms with Crippen LogP contribution in [0.2, 0.25) is 0 Å². The lowest BCUT2D eigenvalue weighted by Crippen LogP contribution is -2.69. The summed E-state index contributed by atoms with van der Waals surface area (Å²) in [5.41, 5.74) is -3.96. The summed E-state index contributed by atoms with van der Waals surface area (Å²) in [5.74, 6) is 2.95. The van der Waals surface area contributed by atoms with Crippen LogP contribution in [0.1, 0.15) is 77.6 Å². The van der Waals surface area contributed by atoms with Gasteiger partial charge in [-0.2, -0.15) is 0 Å². The Morgan fingerprint density at radius 1 is 0.330 bits per heavy atom. The molecule has 32 nitrogen and oxygen atoms in total. The van der Waals surface area contributed by atoms with Gasteiger partial charge in [0.15, 0.2) is 67.8 Å². The topological polar surface area (TPSA) is 294 Å². The molecule has 11 saturated heterocycles. The summed E-state index contributed by atoms with van der Waals surface area (Å²) in [7, 11) is 0. The van der Waals surface area contributed by atoms with Crippen molar-refractivity contribution in [3.63, 3.8) is 0 Å². The minimum Gasteiger partial charge on any atom is -0.492 e. The average molecular weight is 1370 g/mol. The zero-order valence-corrected chi connectivity index (χ0v) is 55.9. The fourth-order valence-electron chi connectivity index (χ4n) is 16.5. The van der Waals surface area contributed by atoms with Crippen molar-refractivity contribution in [2.75, 3.05) is 89.5 Å². The highest BCUT2D eigenvalue weighted by Gasteiger charge is 2.80. The molecule has 0 atom stereocenters. The van der Waals surface area contributed by atoms with E-state index in [1.807, 2.05) is 0 Å². The van der Waals surface area contributed by atoms with Crippen molar-refractivity contribution in [2.24, 2.45) is 0 Å². The lowest BCUT2D eigenvalue weighted by molar-refractivity contribution is -0.109. The van der Waals surface area contributed by atoms with Gasteiger partial charge in [0, 0.05) is 73.0 Å². The van der Waals surface area contributed by atoms with Crippen LogP contribution in [0.15, 0.2) is 24.3 Å². The molecular formula is C58H68N16O16S4. The molecule has 94 heavy (non-hydrogen) atoms. The maximum atomic E-state index is 15.6. The van der Waals surface area contributed by atoms with E-state index in [9.17, 15) is 19.2 Å². The monoisotopic (exact) mass is 1370 g/mol. The van der Waals surface area contributed by atoms with Crippen molar-refractivity contribution < 1.29 is 76.5 Å². The fourth-order valence-corrected chi connectivity index (χ4v) is 18.3. The summed E-state index contributed by atoms with van der Waals surface area (Å²) in [5, 5.41) is -0.349. The molecule has 11 fully saturated rings. The van der Waals surface area contributed by atoms with Gasteiger partial charge < -0.3 is 18.9 Å². The molecule has 13 aliphatic rings. The summed E-state index contributed by atoms with van der Waals surface area (Å²) in [6, 6.07) is 2.08. The molecule has 0 radical (unpaired) electrons. The summed E-state index contributed by atoms with van der Waals surface area (Å²) in [6.45, 7) is 10.4. The van der Waals surface area contributed by atoms with Crippen LogP contribution in [0.4, 0.5) is 38.4 Å². The highest BCUT2D eigenvalue weighted by atomic mass is 32.2. The lowest BCUT2D eigenvalue weighted by Gasteiger charge is -2.49. The van der Waals surface area contributed by atoms with Gasteiger partial charge >= 0.3 is 48.2 Å². The Kier molecular flexibility index (Phi) is 14.3. The van der Waals surface area contributed by atoms with Crippen LogP contribution < -0.4 is 18.9 Å². The fraction of sp³-hybridized carbons (Fsp3) is 0.586. The van der Waals surface area contributed by atoms with E-state index in [1.54, 1.807) is 71.6 Å². The molecule has 0 bridgehead atoms. The summed E-state index contributed by atoms with van der Waals surface area (Å²) >= 11 is 4.38. The van der Waals surface area contributed by atoms with E-state index < -0.39 is 136 Å². The third kappa shape index (κ3) is 8.27. The van der Waals surface area contributed by atoms with E-state index in [0.29, 0.717) is 68.3 Å². The molecule has 0 aliphatic carbocycles. The number of ether oxygens (including phenoxy) is 4. The van der Waals surface area contributed by atoms with Gasteiger partial charge in [0.1, 0.15) is 63.0 Å². The molecule has 0 unspecified atom stereocenters. The van der Waals surface area contributed by atoms with E-state index in [0.717, 1.165) is 47.0 Å². The van der Waals surface area contributed by atoms with E-state index in [2.05, 4.69) is 0 Å². The van der Waals surface area contributed by atoms with Gasteiger partial charge in [0.2, 0.25) is 0 Å². The Bertz CT molecular complexity index is 3340. The number of carbonyl (C=O) groups excluding carboxylic acids is 12. The van der Waals surface area contributed by atoms with E-state index in [1.165, 1.54) is 86.5 Å². The third-order valence-corrected chi connectivity index (χ3v) is 24.3. The number of fused-ring (bicyclic) bond motifs is 2. The van der Waals surface area contributed by atoms with Crippen LogP contribution >= 0.6 is 47.0 Å². The molecule has 36 heteroatoms. The number of amides is 16. The molecule has 15 rings (SSSR count). The Morgan fingerprint density at radius 3 is 0.723 bits per heavy atom. The van der Waals surface area contributed by atoms with Gasteiger partial charge in [-0.05, 0) is 52.0 Å². The van der Waals surface area contributed by atoms with Gasteiger partial charge in [0.05, 0.1) is 52.6 Å². The predicted octanol–water partition coefficient (Wildman–Crippen LogP) is 3.90. The number of urea groups is 8. The van der Waals surface area contributed by atoms with Gasteiger partial charge in [-0.25, -0.2) is 38.4 Å². The predicted molar refractivity (Wildman–Crippen MR) is 333 cm³/mol. The Labute approximate surface area is 555 Å². The normalized spacial score (nSPS) is 29.5. The van der Waals surface area contributed by atoms with Gasteiger partial charge in [-0.1, -0.05) is 47.0 Å². The second-order valence-corrected chi connectivity index (χ2v) is 30.5. The Morgan fingerprint density at radius 2 is 0.521 bits per heavy atom. The van der Waals surface area contributed by atoms with Gasteiger partial charge in [0.25, 0.3) is 0 Å². The zero-order chi connectivity index (χ0) is 66.3. The van der Waals surface area contributed by atoms with Crippen LogP contribution in [-0.2, 0) is 45.4 Å². The van der Waals surface area contributed by atoms with E-state index >= 15 is 38.4 Å². The van der Waals surface area contributed by atoms with E-state index in [4.69, 9.17) is 18.9 Å². The lowest BCUT2D eigenvalue weighted by atomic mass is 9.95. The van der Waals surface area contributed by atoms with Crippen LogP contribution in [0, 0.1) is 0 Å². The molecule has 13 aliphatic heterocycles. The second-order valence-electron chi connectivity index (χ2n) is 25.5. The summed E-state index contributed by atoms with van der Waals surface area (Å²) in [6.07, 6.45) is -4.72. The van der Waals surface area contributed by atoms with Crippen molar-refractivity contribution in [2.45, 2.75) is 129 Å². The first-order valence-electron chi connectivity index (χ1n) is 30.8. The third-order valence-electron chi connectivity index (χ3n) is 21.2. The van der Waals surface area contributed by atoms with Crippen molar-refractivity contribution in [3.8, 4) is 23.0 Å². The molecule has 0 aromatic heterocycles. The number of rotatable bonds is 16. The zero-order valence-electron chi connectivity index (χ0n) is 52.7. The van der Waals surface area contributed by atoms with Crippen LogP contribution in [-0.4, -0.2) is 284 Å². The Balaban J connectivity index is 0.753. The summed E-state index contributed by atoms with van der Waals surface area (Å²) < 4.78 is 25.3. The minimum atomic E-state index is -1.58. The number of hydrogen-bond acceptors (Lipinski definition) is 20. The highest BCUT2D eigenvalue weighted by molar-refractivity contribution is 8.14. The molecule has 0 N–H and O–H groups in total. The number of benzene rings is 2. The standard InChI is InChI=1S/C58H68N16O16S4/c1-31(75)91-17-13-87-39-9-10-40(88-14-18-92-32(2)76)36-22-68-52(84)72-28-64-45-43-59(47(79)63(45)27-71-51(83)67(21-35(36)39)55(68,5)57(71,72)7)25-61-44-46-65(49(61)81)29-73-53(85)69-23-37-38(42(90-16-20-94-34(4)78)12-11-41(37)89-15-19-93-33(3)77)24-70-54(86)74(58(73,8)56(69,70)6)30-66(46)50(82)62(44)26-60(43)48(64)80/h9-12,43-46H,13-30H2,1-8H3/t43-,44+,45+,46-,55+,56-,57-,58+. The average Bonchev–Trinajstić information content (AvgIpc) is 1.50. The largest absolute Gasteiger partial charge is 0.492 e. The number of carbonyl (C=O) groups is 12. The Hall–Kier alpha value is -8.12. The second kappa shape index (κ2) is 21.7. The van der Waals surface area contributed by atoms with Crippen LogP contribution in [0.25, 0.3) is 0 Å². The highest BCUT2D eigenvalue weighted by Crippen LogP contribution is 2.60. The van der Waals surface area contributed by atoms with E-state index in [-0.39, 0.29) is 73.1 Å². The number of thioether (sulfide) groups is 4. The van der Waals surface area contributed by atoms with Gasteiger partial charge in [-0.15, -0.1) is 0 Å². The van der Waals surface area contributed by atoms with Gasteiger partial charge in [-0.3, -0.25) is 97.6 Å². The molecule has 2 aromatic carbocycles. The first-order chi connectivity index (χ1) is 44.8. The molecule has 13 heterocycles. The summed E-state index contributed by atoms with van der Waals surface area (Å²) in [4.78, 5) is 196. The molecule has 0 spiro atoms. The van der Waals surface area contributed by atoms with Crippen LogP contribution in [0.5, 0.6) is 23.0 Å². The smallest absolute Gasteiger partial charge is 0.326 e. The van der Waals surface area contributed by atoms with Crippen LogP contribution in [0.3, 0.4) is 0 Å². The molecule has 2 aromatic rings. The molecule has 500 valence electrons. The maximum Gasteiger partial charge on any atom is 0.326 e. The van der Waals surface area contributed by atoms with Crippen molar-refractivity contribution >= 4 is 116 Å². The van der Waals surface area contributed by atoms with Crippen molar-refractivity contribution in [3.05, 3.63) is 46.5 Å². The SMILES string of the molecule is CC(=O)SCCOc1ccc(OCCSC(C)=O)c2c1CN1C(=O)N3CN4C(=O)N5CN6C(=O)N7CN8C(=O)N9Cc%10c(OCCSC(C)=O)ccc(OCCSC(C)=O)c%10CN%10C(=O)N(CN%11C(=O)N(CN%12C(=O)N(CN%13C(=O)N(C2)[C@]1(C)[C@]%133C)[C@@H]4[C@@H]5%12)[C@@H]6[C@@H]7%11)[C@]8(C)[C@]%109C. The van der Waals surface area contributed by atoms with Crippen molar-refractivity contribution in [1.29, 1.82) is 0 Å². The van der Waals surface area contributed by atoms with Crippen molar-refractivity contribution in [1.82, 2.24) is 78.4 Å². The number of nitrogens with zero attached hydrogens (tertiary/aromatic N) is 16. The quantitative estimate of drug-likeness (QED) is 0.215. The first-order valence-corrected chi connectivity index (χ1v) is 34.7.